The maximum atomic E-state index is 14.7. The van der Waals surface area contributed by atoms with Gasteiger partial charge in [-0.05, 0) is 38.7 Å². The maximum absolute atomic E-state index is 14.7. The number of aliphatic hydroxyl groups excluding tert-OH is 1. The molecule has 0 amide bonds. The van der Waals surface area contributed by atoms with Crippen molar-refractivity contribution in [1.82, 2.24) is 9.97 Å². The van der Waals surface area contributed by atoms with Crippen molar-refractivity contribution in [1.29, 1.82) is 0 Å². The second kappa shape index (κ2) is 8.70. The highest BCUT2D eigenvalue weighted by Crippen LogP contribution is 2.47. The van der Waals surface area contributed by atoms with E-state index in [0.717, 1.165) is 11.6 Å². The fourth-order valence-corrected chi connectivity index (χ4v) is 5.07. The maximum Gasteiger partial charge on any atom is 0.266 e. The summed E-state index contributed by atoms with van der Waals surface area (Å²) in [4.78, 5) is 8.79. The monoisotopic (exact) mass is 473 g/mol. The lowest BCUT2D eigenvalue weighted by molar-refractivity contribution is -0.0373. The summed E-state index contributed by atoms with van der Waals surface area (Å²) in [7, 11) is 0. The van der Waals surface area contributed by atoms with Crippen LogP contribution in [0.5, 0.6) is 5.75 Å². The van der Waals surface area contributed by atoms with E-state index in [1.165, 1.54) is 18.5 Å². The van der Waals surface area contributed by atoms with Gasteiger partial charge in [0.1, 0.15) is 23.7 Å². The minimum atomic E-state index is -2.91. The number of hydrogen-bond acceptors (Lipinski definition) is 6. The Labute approximate surface area is 194 Å². The first-order chi connectivity index (χ1) is 16.3. The van der Waals surface area contributed by atoms with Crippen LogP contribution in [0.25, 0.3) is 10.9 Å². The average molecular weight is 473 g/mol. The largest absolute Gasteiger partial charge is 0.492 e. The minimum Gasteiger partial charge on any atom is -0.492 e. The lowest BCUT2D eigenvalue weighted by Gasteiger charge is -2.35. The molecule has 9 heteroatoms. The Kier molecular flexibility index (Phi) is 5.85. The average Bonchev–Trinajstić information content (AvgIpc) is 3.31. The van der Waals surface area contributed by atoms with Crippen LogP contribution in [0.3, 0.4) is 0 Å². The zero-order valence-electron chi connectivity index (χ0n) is 18.7. The Hall–Kier alpha value is -2.91. The van der Waals surface area contributed by atoms with Crippen LogP contribution in [-0.4, -0.2) is 32.9 Å². The van der Waals surface area contributed by atoms with Crippen molar-refractivity contribution < 1.29 is 28.1 Å². The molecular formula is C25H26F3N3O3. The van der Waals surface area contributed by atoms with Crippen LogP contribution >= 0.6 is 0 Å². The van der Waals surface area contributed by atoms with Crippen molar-refractivity contribution in [2.45, 2.75) is 63.2 Å². The number of benzene rings is 2. The van der Waals surface area contributed by atoms with Gasteiger partial charge in [0.05, 0.1) is 35.4 Å². The second-order valence-corrected chi connectivity index (χ2v) is 9.13. The molecule has 2 aromatic carbocycles. The Morgan fingerprint density at radius 3 is 2.65 bits per heavy atom. The predicted molar refractivity (Wildman–Crippen MR) is 121 cm³/mol. The number of aromatic nitrogens is 2. The molecule has 5 rings (SSSR count). The Morgan fingerprint density at radius 2 is 1.91 bits per heavy atom. The summed E-state index contributed by atoms with van der Waals surface area (Å²) in [6, 6.07) is 5.10. The lowest BCUT2D eigenvalue weighted by atomic mass is 9.77. The van der Waals surface area contributed by atoms with Crippen LogP contribution in [0.1, 0.15) is 67.3 Å². The van der Waals surface area contributed by atoms with Gasteiger partial charge in [0.15, 0.2) is 0 Å². The quantitative estimate of drug-likeness (QED) is 0.487. The number of nitrogens with one attached hydrogen (secondary N) is 1. The van der Waals surface area contributed by atoms with Gasteiger partial charge in [0.25, 0.3) is 6.43 Å². The molecule has 2 aliphatic rings. The third kappa shape index (κ3) is 3.86. The number of hydrogen-bond donors (Lipinski definition) is 3. The van der Waals surface area contributed by atoms with Gasteiger partial charge in [-0.25, -0.2) is 23.1 Å². The number of anilines is 1. The first-order valence-corrected chi connectivity index (χ1v) is 11.5. The van der Waals surface area contributed by atoms with Crippen LogP contribution in [0, 0.1) is 5.82 Å². The van der Waals surface area contributed by atoms with Crippen molar-refractivity contribution in [2.75, 3.05) is 11.9 Å². The SMILES string of the molecule is C[C@@H](Nc1ncnc2c3c(c(C4(O)CCC(O)CC4)cc12)OCC3)c1cccc(C(F)F)c1F. The van der Waals surface area contributed by atoms with Crippen LogP contribution < -0.4 is 10.1 Å². The van der Waals surface area contributed by atoms with Crippen molar-refractivity contribution in [3.63, 3.8) is 0 Å². The van der Waals surface area contributed by atoms with Crippen LogP contribution in [-0.2, 0) is 12.0 Å². The minimum absolute atomic E-state index is 0.106. The molecule has 3 N–H and O–H groups in total. The molecule has 0 spiro atoms. The second-order valence-electron chi connectivity index (χ2n) is 9.13. The fourth-order valence-electron chi connectivity index (χ4n) is 5.07. The topological polar surface area (TPSA) is 87.5 Å². The Bertz CT molecular complexity index is 1230. The van der Waals surface area contributed by atoms with Crippen molar-refractivity contribution in [2.24, 2.45) is 0 Å². The molecule has 0 bridgehead atoms. The third-order valence-corrected chi connectivity index (χ3v) is 6.97. The van der Waals surface area contributed by atoms with E-state index in [2.05, 4.69) is 15.3 Å². The smallest absolute Gasteiger partial charge is 0.266 e. The molecule has 1 aliphatic heterocycles. The fraction of sp³-hybridized carbons (Fsp3) is 0.440. The summed E-state index contributed by atoms with van der Waals surface area (Å²) in [5.41, 5.74) is 0.485. The number of aliphatic hydroxyl groups is 2. The molecule has 3 aromatic rings. The molecule has 6 nitrogen and oxygen atoms in total. The number of ether oxygens (including phenoxy) is 1. The number of halogens is 3. The van der Waals surface area contributed by atoms with E-state index in [1.807, 2.05) is 0 Å². The van der Waals surface area contributed by atoms with Gasteiger partial charge in [-0.1, -0.05) is 18.2 Å². The highest BCUT2D eigenvalue weighted by molar-refractivity contribution is 5.94. The van der Waals surface area contributed by atoms with E-state index < -0.39 is 35.6 Å². The van der Waals surface area contributed by atoms with Crippen molar-refractivity contribution in [3.05, 3.63) is 58.7 Å². The highest BCUT2D eigenvalue weighted by Gasteiger charge is 2.39. The number of nitrogens with zero attached hydrogens (tertiary/aromatic N) is 2. The van der Waals surface area contributed by atoms with Crippen LogP contribution in [0.15, 0.2) is 30.6 Å². The molecule has 1 fully saturated rings. The van der Waals surface area contributed by atoms with Gasteiger partial charge in [-0.15, -0.1) is 0 Å². The van der Waals surface area contributed by atoms with Gasteiger partial charge in [0.2, 0.25) is 0 Å². The van der Waals surface area contributed by atoms with Gasteiger partial charge >= 0.3 is 0 Å². The lowest BCUT2D eigenvalue weighted by Crippen LogP contribution is -2.33. The summed E-state index contributed by atoms with van der Waals surface area (Å²) in [6.07, 6.45) is 0.430. The summed E-state index contributed by atoms with van der Waals surface area (Å²) >= 11 is 0. The first kappa shape index (κ1) is 22.9. The van der Waals surface area contributed by atoms with Gasteiger partial charge < -0.3 is 20.3 Å². The van der Waals surface area contributed by atoms with Crippen molar-refractivity contribution >= 4 is 16.7 Å². The molecule has 0 radical (unpaired) electrons. The highest BCUT2D eigenvalue weighted by atomic mass is 19.3. The van der Waals surface area contributed by atoms with E-state index in [4.69, 9.17) is 4.74 Å². The molecule has 2 heterocycles. The third-order valence-electron chi connectivity index (χ3n) is 6.97. The summed E-state index contributed by atoms with van der Waals surface area (Å²) in [5.74, 6) is 0.0930. The van der Waals surface area contributed by atoms with Crippen molar-refractivity contribution in [3.8, 4) is 5.75 Å². The molecular weight excluding hydrogens is 447 g/mol. The normalized spacial score (nSPS) is 23.1. The molecule has 0 saturated heterocycles. The van der Waals surface area contributed by atoms with E-state index in [9.17, 15) is 23.4 Å². The van der Waals surface area contributed by atoms with E-state index >= 15 is 0 Å². The standard InChI is InChI=1S/C25H26F3N3O3/c1-13(15-3-2-4-16(20(15)26)23(27)28)31-24-18-11-19(25(33)8-5-14(32)6-9-25)22-17(7-10-34-22)21(18)29-12-30-24/h2-4,11-14,23,32-33H,5-10H2,1H3,(H,29,30,31)/t13-,14?,25?/m1/s1. The summed E-state index contributed by atoms with van der Waals surface area (Å²) < 4.78 is 47.0. The Balaban J connectivity index is 1.58. The van der Waals surface area contributed by atoms with E-state index in [-0.39, 0.29) is 5.56 Å². The zero-order chi connectivity index (χ0) is 24.0. The number of alkyl halides is 2. The molecule has 1 aromatic heterocycles. The number of rotatable bonds is 5. The van der Waals surface area contributed by atoms with E-state index in [0.29, 0.717) is 66.7 Å². The van der Waals surface area contributed by atoms with Gasteiger partial charge in [-0.3, -0.25) is 0 Å². The predicted octanol–water partition coefficient (Wildman–Crippen LogP) is 4.94. The molecule has 1 atom stereocenters. The van der Waals surface area contributed by atoms with Crippen LogP contribution in [0.4, 0.5) is 19.0 Å². The molecule has 1 saturated carbocycles. The summed E-state index contributed by atoms with van der Waals surface area (Å²) in [5, 5.41) is 25.2. The molecule has 180 valence electrons. The Morgan fingerprint density at radius 1 is 1.18 bits per heavy atom. The molecule has 1 aliphatic carbocycles. The van der Waals surface area contributed by atoms with Crippen LogP contribution in [0.2, 0.25) is 0 Å². The first-order valence-electron chi connectivity index (χ1n) is 11.5. The summed E-state index contributed by atoms with van der Waals surface area (Å²) in [6.45, 7) is 2.14. The van der Waals surface area contributed by atoms with Gasteiger partial charge in [-0.2, -0.15) is 0 Å². The number of fused-ring (bicyclic) bond motifs is 3. The van der Waals surface area contributed by atoms with E-state index in [1.54, 1.807) is 13.0 Å². The zero-order valence-corrected chi connectivity index (χ0v) is 18.7. The van der Waals surface area contributed by atoms with Gasteiger partial charge in [0, 0.05) is 28.5 Å². The molecule has 0 unspecified atom stereocenters. The molecule has 34 heavy (non-hydrogen) atoms.